The Hall–Kier alpha value is -0.820. The summed E-state index contributed by atoms with van der Waals surface area (Å²) >= 11 is 3.23. The third-order valence-electron chi connectivity index (χ3n) is 1.91. The summed E-state index contributed by atoms with van der Waals surface area (Å²) < 4.78 is 15.7. The third-order valence-corrected chi connectivity index (χ3v) is 2.23. The molecule has 0 unspecified atom stereocenters. The van der Waals surface area contributed by atoms with Gasteiger partial charge in [0.2, 0.25) is 0 Å². The minimum atomic E-state index is -0.737. The van der Waals surface area contributed by atoms with E-state index in [1.54, 1.807) is 41.5 Å². The maximum atomic E-state index is 12.1. The van der Waals surface area contributed by atoms with E-state index in [4.69, 9.17) is 14.2 Å². The standard InChI is InChI=1S/C14H26BrNO5/c1-13(2,3)20-11(17)16(8-10-19-9-7-15)12(18)21-14(4,5)6/h7-10H2,1-6H3. The Morgan fingerprint density at radius 1 is 0.905 bits per heavy atom. The first kappa shape index (κ1) is 20.2. The molecule has 0 fully saturated rings. The van der Waals surface area contributed by atoms with Crippen molar-refractivity contribution in [2.24, 2.45) is 0 Å². The quantitative estimate of drug-likeness (QED) is 0.548. The molecule has 0 N–H and O–H groups in total. The summed E-state index contributed by atoms with van der Waals surface area (Å²) in [6, 6.07) is 0. The van der Waals surface area contributed by atoms with Crippen LogP contribution in [0.4, 0.5) is 9.59 Å². The fourth-order valence-electron chi connectivity index (χ4n) is 1.20. The van der Waals surface area contributed by atoms with E-state index in [-0.39, 0.29) is 13.2 Å². The minimum absolute atomic E-state index is 0.0802. The Morgan fingerprint density at radius 2 is 1.33 bits per heavy atom. The van der Waals surface area contributed by atoms with Gasteiger partial charge in [0.05, 0.1) is 19.8 Å². The maximum Gasteiger partial charge on any atom is 0.419 e. The Balaban J connectivity index is 4.75. The summed E-state index contributed by atoms with van der Waals surface area (Å²) in [5.41, 5.74) is -1.37. The van der Waals surface area contributed by atoms with Crippen LogP contribution in [0.3, 0.4) is 0 Å². The lowest BCUT2D eigenvalue weighted by atomic mass is 10.2. The maximum absolute atomic E-state index is 12.1. The van der Waals surface area contributed by atoms with Gasteiger partial charge < -0.3 is 14.2 Å². The molecule has 124 valence electrons. The molecule has 0 heterocycles. The lowest BCUT2D eigenvalue weighted by Crippen LogP contribution is -2.45. The zero-order valence-corrected chi connectivity index (χ0v) is 15.3. The van der Waals surface area contributed by atoms with E-state index in [1.165, 1.54) is 0 Å². The monoisotopic (exact) mass is 367 g/mol. The second-order valence-corrected chi connectivity index (χ2v) is 7.21. The second-order valence-electron chi connectivity index (χ2n) is 6.41. The first-order chi connectivity index (χ1) is 9.46. The van der Waals surface area contributed by atoms with Gasteiger partial charge in [0.25, 0.3) is 0 Å². The van der Waals surface area contributed by atoms with Crippen LogP contribution in [0.5, 0.6) is 0 Å². The molecule has 0 spiro atoms. The van der Waals surface area contributed by atoms with Crippen LogP contribution in [-0.2, 0) is 14.2 Å². The lowest BCUT2D eigenvalue weighted by molar-refractivity contribution is -0.00405. The van der Waals surface area contributed by atoms with Gasteiger partial charge in [-0.25, -0.2) is 14.5 Å². The van der Waals surface area contributed by atoms with Crippen molar-refractivity contribution >= 4 is 28.1 Å². The number of ether oxygens (including phenoxy) is 3. The zero-order chi connectivity index (χ0) is 16.7. The largest absolute Gasteiger partial charge is 0.443 e. The highest BCUT2D eigenvalue weighted by Gasteiger charge is 2.30. The summed E-state index contributed by atoms with van der Waals surface area (Å²) in [6.07, 6.45) is -1.47. The molecule has 0 bridgehead atoms. The topological polar surface area (TPSA) is 65.1 Å². The highest BCUT2D eigenvalue weighted by Crippen LogP contribution is 2.14. The van der Waals surface area contributed by atoms with Crippen molar-refractivity contribution in [2.75, 3.05) is 25.1 Å². The highest BCUT2D eigenvalue weighted by molar-refractivity contribution is 9.09. The van der Waals surface area contributed by atoms with Crippen molar-refractivity contribution in [1.29, 1.82) is 0 Å². The number of halogens is 1. The highest BCUT2D eigenvalue weighted by atomic mass is 79.9. The van der Waals surface area contributed by atoms with E-state index in [9.17, 15) is 9.59 Å². The Bertz CT molecular complexity index is 318. The molecular weight excluding hydrogens is 342 g/mol. The van der Waals surface area contributed by atoms with Gasteiger partial charge in [-0.1, -0.05) is 15.9 Å². The minimum Gasteiger partial charge on any atom is -0.443 e. The first-order valence-corrected chi connectivity index (χ1v) is 7.95. The number of hydrogen-bond acceptors (Lipinski definition) is 5. The molecule has 0 atom stereocenters. The number of carbonyl (C=O) groups is 2. The number of nitrogens with zero attached hydrogens (tertiary/aromatic N) is 1. The molecule has 0 aromatic rings. The van der Waals surface area contributed by atoms with Crippen molar-refractivity contribution in [3.05, 3.63) is 0 Å². The van der Waals surface area contributed by atoms with Crippen molar-refractivity contribution in [1.82, 2.24) is 4.90 Å². The molecule has 0 aliphatic carbocycles. The van der Waals surface area contributed by atoms with Gasteiger partial charge in [-0.05, 0) is 41.5 Å². The number of alkyl halides is 1. The summed E-state index contributed by atoms with van der Waals surface area (Å²) in [6.45, 7) is 11.2. The summed E-state index contributed by atoms with van der Waals surface area (Å²) in [5.74, 6) is 0. The molecule has 0 rings (SSSR count). The Kier molecular flexibility index (Phi) is 8.25. The van der Waals surface area contributed by atoms with Gasteiger partial charge in [0, 0.05) is 5.33 Å². The molecule has 0 radical (unpaired) electrons. The Morgan fingerprint density at radius 3 is 1.67 bits per heavy atom. The number of imide groups is 1. The van der Waals surface area contributed by atoms with E-state index < -0.39 is 23.4 Å². The van der Waals surface area contributed by atoms with Crippen LogP contribution >= 0.6 is 15.9 Å². The van der Waals surface area contributed by atoms with Gasteiger partial charge >= 0.3 is 12.2 Å². The second kappa shape index (κ2) is 8.58. The molecule has 6 nitrogen and oxygen atoms in total. The molecular formula is C14H26BrNO5. The number of carbonyl (C=O) groups excluding carboxylic acids is 2. The molecule has 0 saturated heterocycles. The van der Waals surface area contributed by atoms with Crippen LogP contribution in [0.15, 0.2) is 0 Å². The van der Waals surface area contributed by atoms with E-state index in [1.807, 2.05) is 0 Å². The molecule has 0 aromatic carbocycles. The van der Waals surface area contributed by atoms with Crippen LogP contribution < -0.4 is 0 Å². The SMILES string of the molecule is CC(C)(C)OC(=O)N(CCOCCBr)C(=O)OC(C)(C)C. The lowest BCUT2D eigenvalue weighted by Gasteiger charge is -2.28. The number of rotatable bonds is 5. The van der Waals surface area contributed by atoms with Crippen molar-refractivity contribution in [3.63, 3.8) is 0 Å². The van der Waals surface area contributed by atoms with Crippen LogP contribution in [-0.4, -0.2) is 53.4 Å². The zero-order valence-electron chi connectivity index (χ0n) is 13.7. The summed E-state index contributed by atoms with van der Waals surface area (Å²) in [5, 5.41) is 0.686. The van der Waals surface area contributed by atoms with Gasteiger partial charge in [-0.15, -0.1) is 0 Å². The number of hydrogen-bond donors (Lipinski definition) is 0. The molecule has 0 saturated carbocycles. The third kappa shape index (κ3) is 10.5. The molecule has 7 heteroatoms. The van der Waals surface area contributed by atoms with E-state index in [2.05, 4.69) is 15.9 Å². The summed E-state index contributed by atoms with van der Waals surface area (Å²) in [7, 11) is 0. The Labute approximate surface area is 135 Å². The molecule has 21 heavy (non-hydrogen) atoms. The van der Waals surface area contributed by atoms with Crippen LogP contribution in [0.25, 0.3) is 0 Å². The molecule has 2 amide bonds. The predicted octanol–water partition coefficient (Wildman–Crippen LogP) is 3.57. The van der Waals surface area contributed by atoms with E-state index >= 15 is 0 Å². The van der Waals surface area contributed by atoms with Crippen LogP contribution in [0.2, 0.25) is 0 Å². The van der Waals surface area contributed by atoms with Crippen molar-refractivity contribution in [2.45, 2.75) is 52.7 Å². The first-order valence-electron chi connectivity index (χ1n) is 6.83. The normalized spacial score (nSPS) is 12.0. The number of amides is 2. The van der Waals surface area contributed by atoms with Gasteiger partial charge in [0.15, 0.2) is 0 Å². The molecule has 0 aliphatic rings. The van der Waals surface area contributed by atoms with Gasteiger partial charge in [-0.2, -0.15) is 0 Å². The van der Waals surface area contributed by atoms with Crippen molar-refractivity contribution < 1.29 is 23.8 Å². The fourth-order valence-corrected chi connectivity index (χ4v) is 1.43. The average molecular weight is 368 g/mol. The van der Waals surface area contributed by atoms with Crippen molar-refractivity contribution in [3.8, 4) is 0 Å². The van der Waals surface area contributed by atoms with E-state index in [0.717, 1.165) is 4.90 Å². The summed E-state index contributed by atoms with van der Waals surface area (Å²) in [4.78, 5) is 25.1. The van der Waals surface area contributed by atoms with Crippen LogP contribution in [0, 0.1) is 0 Å². The van der Waals surface area contributed by atoms with E-state index in [0.29, 0.717) is 11.9 Å². The van der Waals surface area contributed by atoms with Crippen LogP contribution in [0.1, 0.15) is 41.5 Å². The fraction of sp³-hybridized carbons (Fsp3) is 0.857. The smallest absolute Gasteiger partial charge is 0.419 e. The van der Waals surface area contributed by atoms with Gasteiger partial charge in [0.1, 0.15) is 11.2 Å². The average Bonchev–Trinajstić information content (AvgIpc) is 2.23. The molecule has 0 aliphatic heterocycles. The predicted molar refractivity (Wildman–Crippen MR) is 83.8 cm³/mol. The molecule has 0 aromatic heterocycles. The van der Waals surface area contributed by atoms with Gasteiger partial charge in [-0.3, -0.25) is 0 Å².